The third-order valence-electron chi connectivity index (χ3n) is 6.09. The molecule has 2 saturated carbocycles. The average molecular weight is 432 g/mol. The quantitative estimate of drug-likeness (QED) is 0.575. The molecule has 1 aliphatic heterocycles. The largest absolute Gasteiger partial charge is 0.446 e. The van der Waals surface area contributed by atoms with Crippen molar-refractivity contribution in [3.63, 3.8) is 0 Å². The van der Waals surface area contributed by atoms with Crippen LogP contribution in [0, 0.1) is 0 Å². The molecule has 5 rings (SSSR count). The van der Waals surface area contributed by atoms with Gasteiger partial charge in [0.2, 0.25) is 10.0 Å². The molecule has 3 aliphatic rings. The van der Waals surface area contributed by atoms with E-state index >= 15 is 0 Å². The maximum Gasteiger partial charge on any atom is 0.407 e. The van der Waals surface area contributed by atoms with Gasteiger partial charge in [-0.15, -0.1) is 0 Å². The molecule has 2 fully saturated rings. The van der Waals surface area contributed by atoms with Crippen LogP contribution in [0.3, 0.4) is 0 Å². The molecule has 160 valence electrons. The molecule has 2 aromatic rings. The van der Waals surface area contributed by atoms with Gasteiger partial charge in [-0.3, -0.25) is 9.82 Å². The Bertz CT molecular complexity index is 1090. The van der Waals surface area contributed by atoms with Gasteiger partial charge in [-0.1, -0.05) is 0 Å². The second kappa shape index (κ2) is 6.90. The normalized spacial score (nSPS) is 25.2. The van der Waals surface area contributed by atoms with Gasteiger partial charge < -0.3 is 15.4 Å². The number of amides is 1. The number of rotatable bonds is 5. The Hall–Kier alpha value is -2.75. The number of aromatic amines is 1. The number of carbonyl (C=O) groups is 1. The van der Waals surface area contributed by atoms with Crippen molar-refractivity contribution in [2.24, 2.45) is 0 Å². The van der Waals surface area contributed by atoms with Gasteiger partial charge in [0.1, 0.15) is 6.10 Å². The number of sulfonamides is 1. The number of benzene rings is 1. The van der Waals surface area contributed by atoms with Crippen LogP contribution in [-0.4, -0.2) is 36.4 Å². The lowest BCUT2D eigenvalue weighted by Crippen LogP contribution is -2.36. The van der Waals surface area contributed by atoms with Gasteiger partial charge in [0, 0.05) is 28.9 Å². The van der Waals surface area contributed by atoms with Crippen LogP contribution in [0.5, 0.6) is 0 Å². The summed E-state index contributed by atoms with van der Waals surface area (Å²) in [5, 5.41) is 13.6. The second-order valence-electron chi connectivity index (χ2n) is 8.79. The summed E-state index contributed by atoms with van der Waals surface area (Å²) in [5.74, 6) is 0.916. The topological polar surface area (TPSA) is 125 Å². The molecule has 2 aliphatic carbocycles. The van der Waals surface area contributed by atoms with E-state index in [-0.39, 0.29) is 29.4 Å². The number of anilines is 3. The number of H-pyrrole nitrogens is 1. The summed E-state index contributed by atoms with van der Waals surface area (Å²) in [7, 11) is -3.26. The maximum atomic E-state index is 12.0. The highest BCUT2D eigenvalue weighted by atomic mass is 32.2. The molecule has 1 aromatic carbocycles. The van der Waals surface area contributed by atoms with Crippen molar-refractivity contribution >= 4 is 33.3 Å². The predicted molar refractivity (Wildman–Crippen MR) is 112 cm³/mol. The molecular weight excluding hydrogens is 406 g/mol. The molecule has 0 saturated heterocycles. The Morgan fingerprint density at radius 3 is 2.90 bits per heavy atom. The van der Waals surface area contributed by atoms with Gasteiger partial charge in [-0.25, -0.2) is 13.2 Å². The first kappa shape index (κ1) is 19.2. The van der Waals surface area contributed by atoms with E-state index in [1.807, 2.05) is 25.1 Å². The molecule has 1 aromatic heterocycles. The third kappa shape index (κ3) is 4.09. The number of fused-ring (bicyclic) bond motifs is 1. The molecule has 10 heteroatoms. The average Bonchev–Trinajstić information content (AvgIpc) is 3.06. The Morgan fingerprint density at radius 1 is 1.27 bits per heavy atom. The molecule has 4 N–H and O–H groups in total. The van der Waals surface area contributed by atoms with Crippen LogP contribution in [0.1, 0.15) is 56.2 Å². The smallest absolute Gasteiger partial charge is 0.407 e. The van der Waals surface area contributed by atoms with Crippen molar-refractivity contribution in [3.8, 4) is 0 Å². The number of hydrogen-bond acceptors (Lipinski definition) is 6. The summed E-state index contributed by atoms with van der Waals surface area (Å²) < 4.78 is 31.5. The van der Waals surface area contributed by atoms with Crippen molar-refractivity contribution < 1.29 is 17.9 Å². The number of alkyl carbamates (subject to hydrolysis) is 1. The SMILES string of the molecule is CC1(NC(=O)O[C@@H]2CC[C@H](c3cc(Nc4ccc5c(c4)CS(=O)(=O)N5)n[nH]3)C2)CC1. The van der Waals surface area contributed by atoms with Crippen LogP contribution in [0.25, 0.3) is 0 Å². The van der Waals surface area contributed by atoms with Gasteiger partial charge in [-0.05, 0) is 62.8 Å². The van der Waals surface area contributed by atoms with Crippen molar-refractivity contribution in [2.45, 2.75) is 62.3 Å². The number of ether oxygens (including phenoxy) is 1. The minimum absolute atomic E-state index is 0.0140. The zero-order valence-electron chi connectivity index (χ0n) is 16.7. The first-order chi connectivity index (χ1) is 14.3. The van der Waals surface area contributed by atoms with E-state index in [1.165, 1.54) is 0 Å². The van der Waals surface area contributed by atoms with E-state index in [4.69, 9.17) is 4.74 Å². The standard InChI is InChI=1S/C20H25N5O4S/c1-20(6-7-20)22-19(26)29-15-4-2-12(9-15)17-10-18(24-23-17)21-14-3-5-16-13(8-14)11-30(27,28)25-16/h3,5,8,10,12,15,25H,2,4,6-7,9,11H2,1H3,(H,22,26)(H2,21,23,24)/t12-,15+/m0/s1. The van der Waals surface area contributed by atoms with E-state index in [9.17, 15) is 13.2 Å². The Balaban J connectivity index is 1.18. The second-order valence-corrected chi connectivity index (χ2v) is 10.5. The number of nitrogens with one attached hydrogen (secondary N) is 4. The minimum Gasteiger partial charge on any atom is -0.446 e. The van der Waals surface area contributed by atoms with Gasteiger partial charge in [0.05, 0.1) is 11.4 Å². The van der Waals surface area contributed by atoms with Crippen molar-refractivity contribution in [2.75, 3.05) is 10.0 Å². The van der Waals surface area contributed by atoms with E-state index < -0.39 is 10.0 Å². The maximum absolute atomic E-state index is 12.0. The Morgan fingerprint density at radius 2 is 2.10 bits per heavy atom. The van der Waals surface area contributed by atoms with Gasteiger partial charge in [0.15, 0.2) is 5.82 Å². The number of aromatic nitrogens is 2. The van der Waals surface area contributed by atoms with E-state index in [2.05, 4.69) is 25.6 Å². The monoisotopic (exact) mass is 431 g/mol. The zero-order valence-corrected chi connectivity index (χ0v) is 17.5. The van der Waals surface area contributed by atoms with Gasteiger partial charge in [-0.2, -0.15) is 5.10 Å². The van der Waals surface area contributed by atoms with Crippen LogP contribution in [-0.2, 0) is 20.5 Å². The fourth-order valence-corrected chi connectivity index (χ4v) is 5.38. The summed E-state index contributed by atoms with van der Waals surface area (Å²) in [6, 6.07) is 7.35. The zero-order chi connectivity index (χ0) is 20.9. The van der Waals surface area contributed by atoms with E-state index in [1.54, 1.807) is 6.07 Å². The molecule has 30 heavy (non-hydrogen) atoms. The fraction of sp³-hybridized carbons (Fsp3) is 0.500. The van der Waals surface area contributed by atoms with Crippen LogP contribution in [0.2, 0.25) is 0 Å². The summed E-state index contributed by atoms with van der Waals surface area (Å²) >= 11 is 0. The van der Waals surface area contributed by atoms with Crippen LogP contribution >= 0.6 is 0 Å². The van der Waals surface area contributed by atoms with Crippen LogP contribution in [0.15, 0.2) is 24.3 Å². The third-order valence-corrected chi connectivity index (χ3v) is 7.31. The molecule has 9 nitrogen and oxygen atoms in total. The predicted octanol–water partition coefficient (Wildman–Crippen LogP) is 3.32. The highest BCUT2D eigenvalue weighted by Gasteiger charge is 2.40. The first-order valence-corrected chi connectivity index (χ1v) is 11.9. The van der Waals surface area contributed by atoms with Crippen LogP contribution < -0.4 is 15.4 Å². The lowest BCUT2D eigenvalue weighted by molar-refractivity contribution is 0.0967. The van der Waals surface area contributed by atoms with Gasteiger partial charge in [0.25, 0.3) is 0 Å². The number of carbonyl (C=O) groups excluding carboxylic acids is 1. The Kier molecular flexibility index (Phi) is 4.42. The van der Waals surface area contributed by atoms with Gasteiger partial charge >= 0.3 is 6.09 Å². The molecule has 0 spiro atoms. The summed E-state index contributed by atoms with van der Waals surface area (Å²) in [6.07, 6.45) is 4.16. The minimum atomic E-state index is -3.26. The molecule has 0 unspecified atom stereocenters. The number of nitrogens with zero attached hydrogens (tertiary/aromatic N) is 1. The highest BCUT2D eigenvalue weighted by molar-refractivity contribution is 7.92. The highest BCUT2D eigenvalue weighted by Crippen LogP contribution is 2.38. The summed E-state index contributed by atoms with van der Waals surface area (Å²) in [4.78, 5) is 12.0. The van der Waals surface area contributed by atoms with Crippen molar-refractivity contribution in [1.82, 2.24) is 15.5 Å². The number of hydrogen-bond donors (Lipinski definition) is 4. The molecule has 0 bridgehead atoms. The van der Waals surface area contributed by atoms with Crippen molar-refractivity contribution in [3.05, 3.63) is 35.5 Å². The molecule has 1 amide bonds. The fourth-order valence-electron chi connectivity index (χ4n) is 4.13. The van der Waals surface area contributed by atoms with Crippen LogP contribution in [0.4, 0.5) is 22.0 Å². The lowest BCUT2D eigenvalue weighted by atomic mass is 10.0. The lowest BCUT2D eigenvalue weighted by Gasteiger charge is -2.16. The van der Waals surface area contributed by atoms with Crippen molar-refractivity contribution in [1.29, 1.82) is 0 Å². The summed E-state index contributed by atoms with van der Waals surface area (Å²) in [6.45, 7) is 2.03. The molecular formula is C20H25N5O4S. The first-order valence-electron chi connectivity index (χ1n) is 10.2. The molecule has 2 heterocycles. The van der Waals surface area contributed by atoms with E-state index in [0.717, 1.165) is 49.0 Å². The summed E-state index contributed by atoms with van der Waals surface area (Å²) in [5.41, 5.74) is 3.08. The molecule has 0 radical (unpaired) electrons. The van der Waals surface area contributed by atoms with E-state index in [0.29, 0.717) is 11.5 Å². The molecule has 2 atom stereocenters. The Labute approximate surface area is 175 Å².